The predicted molar refractivity (Wildman–Crippen MR) is 241 cm³/mol. The molecular weight excluding hydrogens is 691 g/mol. The normalized spacial score (nSPS) is 13.8. The van der Waals surface area contributed by atoms with Crippen molar-refractivity contribution in [3.05, 3.63) is 236 Å². The van der Waals surface area contributed by atoms with Crippen molar-refractivity contribution in [1.29, 1.82) is 0 Å². The van der Waals surface area contributed by atoms with Gasteiger partial charge in [0.15, 0.2) is 0 Å². The average Bonchev–Trinajstić information content (AvgIpc) is 3.62. The Morgan fingerprint density at radius 2 is 0.842 bits per heavy atom. The van der Waals surface area contributed by atoms with E-state index in [4.69, 9.17) is 0 Å². The van der Waals surface area contributed by atoms with Gasteiger partial charge in [0.2, 0.25) is 0 Å². The van der Waals surface area contributed by atoms with Crippen LogP contribution in [0.4, 0.5) is 28.4 Å². The molecule has 0 spiro atoms. The molecule has 0 N–H and O–H groups in total. The van der Waals surface area contributed by atoms with Gasteiger partial charge in [-0.1, -0.05) is 133 Å². The summed E-state index contributed by atoms with van der Waals surface area (Å²) in [5.41, 5.74) is 14.2. The number of hydrogen-bond acceptors (Lipinski definition) is 2. The van der Waals surface area contributed by atoms with Crippen LogP contribution in [0.1, 0.15) is 12.0 Å². The Bertz CT molecular complexity index is 2760. The molecule has 9 aromatic rings. The number of benzene rings is 8. The molecule has 0 fully saturated rings. The van der Waals surface area contributed by atoms with E-state index in [2.05, 4.69) is 245 Å². The molecule has 272 valence electrons. The zero-order valence-electron chi connectivity index (χ0n) is 31.6. The van der Waals surface area contributed by atoms with Crippen LogP contribution in [-0.4, -0.2) is 10.6 Å². The van der Waals surface area contributed by atoms with Crippen LogP contribution >= 0.6 is 0 Å². The number of nitrogens with zero attached hydrogens (tertiary/aromatic N) is 3. The number of rotatable bonds is 9. The lowest BCUT2D eigenvalue weighted by atomic mass is 9.94. The van der Waals surface area contributed by atoms with Gasteiger partial charge in [0.25, 0.3) is 0 Å². The molecule has 1 unspecified atom stereocenters. The highest BCUT2D eigenvalue weighted by atomic mass is 15.2. The number of para-hydroxylation sites is 5. The zero-order chi connectivity index (χ0) is 38.0. The van der Waals surface area contributed by atoms with E-state index in [0.717, 1.165) is 29.2 Å². The molecule has 1 aliphatic carbocycles. The maximum absolute atomic E-state index is 2.44. The number of anilines is 5. The van der Waals surface area contributed by atoms with Crippen LogP contribution in [-0.2, 0) is 0 Å². The Labute approximate surface area is 334 Å². The van der Waals surface area contributed by atoms with Crippen molar-refractivity contribution in [2.45, 2.75) is 12.5 Å². The van der Waals surface area contributed by atoms with E-state index in [0.29, 0.717) is 0 Å². The van der Waals surface area contributed by atoms with Gasteiger partial charge < -0.3 is 14.4 Å². The van der Waals surface area contributed by atoms with Crippen LogP contribution in [0.5, 0.6) is 0 Å². The minimum absolute atomic E-state index is 0.212. The van der Waals surface area contributed by atoms with E-state index in [1.807, 2.05) is 0 Å². The summed E-state index contributed by atoms with van der Waals surface area (Å²) in [6.07, 6.45) is 7.99. The molecule has 1 aliphatic rings. The molecule has 0 bridgehead atoms. The summed E-state index contributed by atoms with van der Waals surface area (Å²) in [5, 5.41) is 2.49. The molecule has 0 saturated heterocycles. The van der Waals surface area contributed by atoms with Crippen molar-refractivity contribution in [2.24, 2.45) is 0 Å². The van der Waals surface area contributed by atoms with Crippen molar-refractivity contribution in [1.82, 2.24) is 4.57 Å². The van der Waals surface area contributed by atoms with Gasteiger partial charge in [-0.2, -0.15) is 0 Å². The van der Waals surface area contributed by atoms with Crippen LogP contribution in [0, 0.1) is 0 Å². The molecule has 1 atom stereocenters. The maximum atomic E-state index is 2.44. The zero-order valence-corrected chi connectivity index (χ0v) is 31.6. The highest BCUT2D eigenvalue weighted by Crippen LogP contribution is 2.40. The average molecular weight is 732 g/mol. The van der Waals surface area contributed by atoms with E-state index in [1.165, 1.54) is 55.4 Å². The largest absolute Gasteiger partial charge is 0.334 e. The van der Waals surface area contributed by atoms with Crippen molar-refractivity contribution in [3.63, 3.8) is 0 Å². The second-order valence-electron chi connectivity index (χ2n) is 14.6. The molecule has 57 heavy (non-hydrogen) atoms. The first-order valence-electron chi connectivity index (χ1n) is 19.7. The fourth-order valence-corrected chi connectivity index (χ4v) is 8.37. The Balaban J connectivity index is 1.02. The van der Waals surface area contributed by atoms with Gasteiger partial charge in [0, 0.05) is 44.9 Å². The highest BCUT2D eigenvalue weighted by Gasteiger charge is 2.21. The van der Waals surface area contributed by atoms with Crippen LogP contribution in [0.2, 0.25) is 0 Å². The fraction of sp³-hybridized carbons (Fsp3) is 0.0370. The SMILES string of the molecule is C1=CC(N(c2ccccc2)c2ccccc2)CC=C1c1ccc2c(c1)c1cc(-c3ccc(N(c4ccccc4)c4ccccc4)cc3)ccc1n2-c1ccccc1. The highest BCUT2D eigenvalue weighted by molar-refractivity contribution is 6.11. The summed E-state index contributed by atoms with van der Waals surface area (Å²) in [7, 11) is 0. The van der Waals surface area contributed by atoms with Crippen LogP contribution < -0.4 is 9.80 Å². The first-order chi connectivity index (χ1) is 28.3. The molecule has 1 heterocycles. The minimum atomic E-state index is 0.212. The predicted octanol–water partition coefficient (Wildman–Crippen LogP) is 14.5. The van der Waals surface area contributed by atoms with Crippen LogP contribution in [0.15, 0.2) is 231 Å². The van der Waals surface area contributed by atoms with Gasteiger partial charge >= 0.3 is 0 Å². The quantitative estimate of drug-likeness (QED) is 0.146. The topological polar surface area (TPSA) is 11.4 Å². The van der Waals surface area contributed by atoms with E-state index < -0.39 is 0 Å². The number of hydrogen-bond donors (Lipinski definition) is 0. The molecule has 3 nitrogen and oxygen atoms in total. The molecule has 0 radical (unpaired) electrons. The molecule has 1 aromatic heterocycles. The summed E-state index contributed by atoms with van der Waals surface area (Å²) in [4.78, 5) is 4.74. The van der Waals surface area contributed by atoms with E-state index in [9.17, 15) is 0 Å². The van der Waals surface area contributed by atoms with Crippen molar-refractivity contribution < 1.29 is 0 Å². The Kier molecular flexibility index (Phi) is 9.02. The molecule has 3 heteroatoms. The van der Waals surface area contributed by atoms with Gasteiger partial charge in [0.1, 0.15) is 0 Å². The Morgan fingerprint density at radius 3 is 1.35 bits per heavy atom. The van der Waals surface area contributed by atoms with Crippen LogP contribution in [0.3, 0.4) is 0 Å². The second-order valence-corrected chi connectivity index (χ2v) is 14.6. The van der Waals surface area contributed by atoms with Gasteiger partial charge in [-0.05, 0) is 126 Å². The van der Waals surface area contributed by atoms with Gasteiger partial charge in [-0.25, -0.2) is 0 Å². The summed E-state index contributed by atoms with van der Waals surface area (Å²) < 4.78 is 2.40. The summed E-state index contributed by atoms with van der Waals surface area (Å²) in [6, 6.07) is 76.4. The van der Waals surface area contributed by atoms with Crippen molar-refractivity contribution in [2.75, 3.05) is 9.80 Å². The second kappa shape index (κ2) is 15.1. The Hall–Kier alpha value is -7.36. The van der Waals surface area contributed by atoms with Crippen LogP contribution in [0.25, 0.3) is 44.2 Å². The van der Waals surface area contributed by atoms with E-state index >= 15 is 0 Å². The minimum Gasteiger partial charge on any atom is -0.334 e. The third-order valence-electron chi connectivity index (χ3n) is 11.1. The van der Waals surface area contributed by atoms with Crippen molar-refractivity contribution in [3.8, 4) is 16.8 Å². The van der Waals surface area contributed by atoms with E-state index in [1.54, 1.807) is 0 Å². The lowest BCUT2D eigenvalue weighted by Gasteiger charge is -2.33. The molecule has 0 aliphatic heterocycles. The molecule has 8 aromatic carbocycles. The maximum Gasteiger partial charge on any atom is 0.0560 e. The third-order valence-corrected chi connectivity index (χ3v) is 11.1. The lowest BCUT2D eigenvalue weighted by molar-refractivity contribution is 0.787. The molecule has 0 amide bonds. The van der Waals surface area contributed by atoms with Crippen molar-refractivity contribution >= 4 is 55.8 Å². The van der Waals surface area contributed by atoms with Gasteiger partial charge in [0.05, 0.1) is 17.1 Å². The first kappa shape index (κ1) is 34.2. The molecular formula is C54H41N3. The number of fused-ring (bicyclic) bond motifs is 3. The van der Waals surface area contributed by atoms with Gasteiger partial charge in [-0.15, -0.1) is 0 Å². The smallest absolute Gasteiger partial charge is 0.0560 e. The third kappa shape index (κ3) is 6.60. The molecule has 10 rings (SSSR count). The lowest BCUT2D eigenvalue weighted by Crippen LogP contribution is -2.30. The number of aromatic nitrogens is 1. The summed E-state index contributed by atoms with van der Waals surface area (Å²) in [6.45, 7) is 0. The summed E-state index contributed by atoms with van der Waals surface area (Å²) in [5.74, 6) is 0. The van der Waals surface area contributed by atoms with E-state index in [-0.39, 0.29) is 6.04 Å². The summed E-state index contributed by atoms with van der Waals surface area (Å²) >= 11 is 0. The standard InChI is InChI=1S/C54H41N3/c1-6-16-44(17-7-1)55(45-18-8-2-9-19-45)49-32-26-40(27-33-49)42-30-36-53-51(38-42)52-39-43(31-37-54(52)57(53)48-24-14-5-15-25-48)41-28-34-50(35-29-41)56(46-20-10-3-11-21-46)47-22-12-4-13-23-47/h1-34,36-39,50H,35H2. The Morgan fingerprint density at radius 1 is 0.404 bits per heavy atom. The molecule has 0 saturated carbocycles. The number of allylic oxidation sites excluding steroid dienone is 2. The van der Waals surface area contributed by atoms with Gasteiger partial charge in [-0.3, -0.25) is 0 Å². The fourth-order valence-electron chi connectivity index (χ4n) is 8.37. The first-order valence-corrected chi connectivity index (χ1v) is 19.7. The monoisotopic (exact) mass is 731 g/mol.